The number of para-hydroxylation sites is 1. The van der Waals surface area contributed by atoms with Gasteiger partial charge in [-0.05, 0) is 55.4 Å². The Kier molecular flexibility index (Phi) is 4.99. The Balaban J connectivity index is 1.97. The van der Waals surface area contributed by atoms with E-state index in [9.17, 15) is 13.6 Å². The number of carbonyl (C=O) groups excluding carboxylic acids is 1. The first-order chi connectivity index (χ1) is 12.4. The quantitative estimate of drug-likeness (QED) is 0.644. The Morgan fingerprint density at radius 3 is 2.62 bits per heavy atom. The number of carbonyl (C=O) groups is 1. The SMILES string of the molecule is Cc1cccc(N2C(=O)/C(=C\c3ccccc3OC(F)F)NC2=S)c1C. The van der Waals surface area contributed by atoms with Crippen LogP contribution in [-0.4, -0.2) is 17.6 Å². The molecule has 1 amide bonds. The van der Waals surface area contributed by atoms with Crippen molar-refractivity contribution in [3.8, 4) is 5.75 Å². The van der Waals surface area contributed by atoms with E-state index in [4.69, 9.17) is 12.2 Å². The summed E-state index contributed by atoms with van der Waals surface area (Å²) >= 11 is 5.30. The minimum atomic E-state index is -2.95. The van der Waals surface area contributed by atoms with E-state index in [1.165, 1.54) is 17.0 Å². The number of aryl methyl sites for hydroxylation is 1. The highest BCUT2D eigenvalue weighted by atomic mass is 32.1. The molecule has 2 aromatic carbocycles. The molecule has 0 saturated carbocycles. The van der Waals surface area contributed by atoms with Crippen LogP contribution in [0.2, 0.25) is 0 Å². The molecule has 0 atom stereocenters. The van der Waals surface area contributed by atoms with Gasteiger partial charge in [0, 0.05) is 5.56 Å². The van der Waals surface area contributed by atoms with E-state index < -0.39 is 6.61 Å². The predicted octanol–water partition coefficient (Wildman–Crippen LogP) is 4.17. The molecule has 1 N–H and O–H groups in total. The van der Waals surface area contributed by atoms with E-state index in [0.717, 1.165) is 11.1 Å². The minimum absolute atomic E-state index is 0.0132. The lowest BCUT2D eigenvalue weighted by Gasteiger charge is -2.18. The molecule has 0 spiro atoms. The van der Waals surface area contributed by atoms with E-state index in [2.05, 4.69) is 10.1 Å². The topological polar surface area (TPSA) is 41.6 Å². The fourth-order valence-corrected chi connectivity index (χ4v) is 2.98. The van der Waals surface area contributed by atoms with Crippen molar-refractivity contribution in [2.75, 3.05) is 4.90 Å². The van der Waals surface area contributed by atoms with Gasteiger partial charge < -0.3 is 10.1 Å². The van der Waals surface area contributed by atoms with Crippen LogP contribution in [0.1, 0.15) is 16.7 Å². The summed E-state index contributed by atoms with van der Waals surface area (Å²) in [6.07, 6.45) is 1.46. The van der Waals surface area contributed by atoms with Gasteiger partial charge in [-0.25, -0.2) is 0 Å². The van der Waals surface area contributed by atoms with Crippen molar-refractivity contribution in [2.45, 2.75) is 20.5 Å². The van der Waals surface area contributed by atoms with Crippen LogP contribution >= 0.6 is 12.2 Å². The first-order valence-corrected chi connectivity index (χ1v) is 8.26. The molecule has 0 unspecified atom stereocenters. The van der Waals surface area contributed by atoms with Crippen LogP contribution in [0.15, 0.2) is 48.2 Å². The third kappa shape index (κ3) is 3.43. The Hall–Kier alpha value is -2.80. The zero-order chi connectivity index (χ0) is 18.8. The van der Waals surface area contributed by atoms with E-state index >= 15 is 0 Å². The molecule has 1 aliphatic rings. The maximum atomic E-state index is 12.8. The second kappa shape index (κ2) is 7.21. The molecule has 7 heteroatoms. The Morgan fingerprint density at radius 2 is 1.88 bits per heavy atom. The zero-order valence-electron chi connectivity index (χ0n) is 14.1. The number of rotatable bonds is 4. The van der Waals surface area contributed by atoms with Crippen LogP contribution in [0.4, 0.5) is 14.5 Å². The molecule has 1 saturated heterocycles. The maximum absolute atomic E-state index is 12.8. The van der Waals surface area contributed by atoms with Crippen LogP contribution in [0.3, 0.4) is 0 Å². The van der Waals surface area contributed by atoms with Crippen molar-refractivity contribution in [1.82, 2.24) is 5.32 Å². The van der Waals surface area contributed by atoms with E-state index in [1.807, 2.05) is 32.0 Å². The highest BCUT2D eigenvalue weighted by molar-refractivity contribution is 7.80. The van der Waals surface area contributed by atoms with Crippen molar-refractivity contribution in [3.05, 3.63) is 64.9 Å². The Morgan fingerprint density at radius 1 is 1.15 bits per heavy atom. The summed E-state index contributed by atoms with van der Waals surface area (Å²) in [5.41, 5.74) is 3.21. The molecule has 2 aromatic rings. The van der Waals surface area contributed by atoms with Gasteiger partial charge in [-0.3, -0.25) is 9.69 Å². The normalized spacial score (nSPS) is 15.7. The first-order valence-electron chi connectivity index (χ1n) is 7.85. The zero-order valence-corrected chi connectivity index (χ0v) is 14.9. The van der Waals surface area contributed by atoms with Crippen LogP contribution in [0.25, 0.3) is 6.08 Å². The molecule has 0 bridgehead atoms. The second-order valence-corrected chi connectivity index (χ2v) is 6.15. The van der Waals surface area contributed by atoms with Crippen molar-refractivity contribution in [2.24, 2.45) is 0 Å². The van der Waals surface area contributed by atoms with E-state index in [-0.39, 0.29) is 22.5 Å². The predicted molar refractivity (Wildman–Crippen MR) is 100 cm³/mol. The Labute approximate surface area is 155 Å². The highest BCUT2D eigenvalue weighted by Crippen LogP contribution is 2.29. The molecule has 1 fully saturated rings. The summed E-state index contributed by atoms with van der Waals surface area (Å²) in [6.45, 7) is 0.910. The molecule has 3 rings (SSSR count). The van der Waals surface area contributed by atoms with E-state index in [0.29, 0.717) is 11.3 Å². The van der Waals surface area contributed by atoms with Crippen molar-refractivity contribution in [3.63, 3.8) is 0 Å². The van der Waals surface area contributed by atoms with Crippen LogP contribution < -0.4 is 15.0 Å². The van der Waals surface area contributed by atoms with Gasteiger partial charge in [0.05, 0.1) is 5.69 Å². The number of hydrogen-bond donors (Lipinski definition) is 1. The lowest BCUT2D eigenvalue weighted by molar-refractivity contribution is -0.113. The molecule has 0 aliphatic carbocycles. The van der Waals surface area contributed by atoms with Crippen LogP contribution in [0.5, 0.6) is 5.75 Å². The average Bonchev–Trinajstić information content (AvgIpc) is 2.86. The second-order valence-electron chi connectivity index (χ2n) is 5.76. The third-order valence-electron chi connectivity index (χ3n) is 4.13. The third-order valence-corrected chi connectivity index (χ3v) is 4.41. The number of hydrogen-bond acceptors (Lipinski definition) is 3. The summed E-state index contributed by atoms with van der Waals surface area (Å²) in [7, 11) is 0. The van der Waals surface area contributed by atoms with E-state index in [1.54, 1.807) is 18.2 Å². The maximum Gasteiger partial charge on any atom is 0.387 e. The number of anilines is 1. The summed E-state index contributed by atoms with van der Waals surface area (Å²) in [6, 6.07) is 11.9. The number of ether oxygens (including phenoxy) is 1. The number of nitrogens with one attached hydrogen (secondary N) is 1. The van der Waals surface area contributed by atoms with Gasteiger partial charge in [-0.2, -0.15) is 8.78 Å². The van der Waals surface area contributed by atoms with Crippen molar-refractivity contribution in [1.29, 1.82) is 0 Å². The average molecular weight is 374 g/mol. The van der Waals surface area contributed by atoms with Gasteiger partial charge in [-0.1, -0.05) is 30.3 Å². The first kappa shape index (κ1) is 18.0. The lowest BCUT2D eigenvalue weighted by Crippen LogP contribution is -2.31. The fourth-order valence-electron chi connectivity index (χ4n) is 2.69. The number of halogens is 2. The number of amides is 1. The van der Waals surface area contributed by atoms with Gasteiger partial charge >= 0.3 is 6.61 Å². The number of alkyl halides is 2. The molecule has 1 aliphatic heterocycles. The molecule has 134 valence electrons. The molecule has 4 nitrogen and oxygen atoms in total. The minimum Gasteiger partial charge on any atom is -0.434 e. The summed E-state index contributed by atoms with van der Waals surface area (Å²) in [4.78, 5) is 14.2. The van der Waals surface area contributed by atoms with Crippen molar-refractivity contribution >= 4 is 35.0 Å². The fraction of sp³-hybridized carbons (Fsp3) is 0.158. The number of benzene rings is 2. The molecule has 0 aromatic heterocycles. The van der Waals surface area contributed by atoms with Crippen LogP contribution in [-0.2, 0) is 4.79 Å². The van der Waals surface area contributed by atoms with Gasteiger partial charge in [0.1, 0.15) is 11.4 Å². The van der Waals surface area contributed by atoms with Gasteiger partial charge in [0.25, 0.3) is 5.91 Å². The molecule has 1 heterocycles. The largest absolute Gasteiger partial charge is 0.434 e. The molecular weight excluding hydrogens is 358 g/mol. The highest BCUT2D eigenvalue weighted by Gasteiger charge is 2.33. The van der Waals surface area contributed by atoms with Crippen LogP contribution in [0, 0.1) is 13.8 Å². The summed E-state index contributed by atoms with van der Waals surface area (Å²) in [5, 5.41) is 3.09. The number of nitrogens with zero attached hydrogens (tertiary/aromatic N) is 1. The summed E-state index contributed by atoms with van der Waals surface area (Å²) in [5.74, 6) is -0.365. The van der Waals surface area contributed by atoms with Gasteiger partial charge in [-0.15, -0.1) is 0 Å². The summed E-state index contributed by atoms with van der Waals surface area (Å²) < 4.78 is 29.6. The smallest absolute Gasteiger partial charge is 0.387 e. The standard InChI is InChI=1S/C19H16F2N2O2S/c1-11-6-5-8-15(12(11)2)23-17(24)14(22-19(23)26)10-13-7-3-4-9-16(13)25-18(20)21/h3-10,18H,1-2H3,(H,22,26)/b14-10+. The molecule has 0 radical (unpaired) electrons. The van der Waals surface area contributed by atoms with Crippen molar-refractivity contribution < 1.29 is 18.3 Å². The van der Waals surface area contributed by atoms with Gasteiger partial charge in [0.15, 0.2) is 5.11 Å². The monoisotopic (exact) mass is 374 g/mol. The molecular formula is C19H16F2N2O2S. The lowest BCUT2D eigenvalue weighted by atomic mass is 10.1. The van der Waals surface area contributed by atoms with Gasteiger partial charge in [0.2, 0.25) is 0 Å². The molecule has 26 heavy (non-hydrogen) atoms. The Bertz CT molecular complexity index is 912. The number of thiocarbonyl (C=S) groups is 1.